The second kappa shape index (κ2) is 7.71. The third-order valence-corrected chi connectivity index (χ3v) is 5.06. The molecule has 0 aromatic heterocycles. The van der Waals surface area contributed by atoms with E-state index in [1.54, 1.807) is 12.1 Å². The molecular weight excluding hydrogens is 361 g/mol. The molecule has 5 nitrogen and oxygen atoms in total. The lowest BCUT2D eigenvalue weighted by molar-refractivity contribution is -0.129. The predicted molar refractivity (Wildman–Crippen MR) is 92.5 cm³/mol. The van der Waals surface area contributed by atoms with Crippen LogP contribution >= 0.6 is 35.6 Å². The highest BCUT2D eigenvalue weighted by Crippen LogP contribution is 2.26. The van der Waals surface area contributed by atoms with E-state index in [1.807, 2.05) is 4.90 Å². The Bertz CT molecular complexity index is 600. The Kier molecular flexibility index (Phi) is 6.14. The standard InChI is InChI=1S/C15H17Cl2N3O2.ClH/c16-12-2-1-9(3-13(12)17)15(22)19-6-14(21)20-7-10-4-18-5-11(10)8-20;/h1-3,10-11,18H,4-8H2,(H,19,22);1H/t10-,11+;. The van der Waals surface area contributed by atoms with Gasteiger partial charge in [-0.2, -0.15) is 0 Å². The molecule has 2 heterocycles. The zero-order valence-corrected chi connectivity index (χ0v) is 14.7. The van der Waals surface area contributed by atoms with Gasteiger partial charge in [0, 0.05) is 31.7 Å². The van der Waals surface area contributed by atoms with Gasteiger partial charge in [0.05, 0.1) is 16.6 Å². The molecule has 0 spiro atoms. The highest BCUT2D eigenvalue weighted by atomic mass is 35.5. The summed E-state index contributed by atoms with van der Waals surface area (Å²) in [6, 6.07) is 4.64. The average Bonchev–Trinajstić information content (AvgIpc) is 3.08. The van der Waals surface area contributed by atoms with Crippen molar-refractivity contribution < 1.29 is 9.59 Å². The van der Waals surface area contributed by atoms with Crippen LogP contribution < -0.4 is 10.6 Å². The molecule has 0 radical (unpaired) electrons. The lowest BCUT2D eigenvalue weighted by atomic mass is 10.0. The maximum atomic E-state index is 12.2. The highest BCUT2D eigenvalue weighted by Gasteiger charge is 2.37. The molecule has 2 saturated heterocycles. The summed E-state index contributed by atoms with van der Waals surface area (Å²) < 4.78 is 0. The number of hydrogen-bond acceptors (Lipinski definition) is 3. The summed E-state index contributed by atoms with van der Waals surface area (Å²) in [5.41, 5.74) is 0.393. The van der Waals surface area contributed by atoms with Crippen LogP contribution in [0.25, 0.3) is 0 Å². The fourth-order valence-electron chi connectivity index (χ4n) is 3.07. The maximum Gasteiger partial charge on any atom is 0.251 e. The Morgan fingerprint density at radius 2 is 1.83 bits per heavy atom. The Morgan fingerprint density at radius 1 is 1.17 bits per heavy atom. The third-order valence-electron chi connectivity index (χ3n) is 4.32. The van der Waals surface area contributed by atoms with Crippen LogP contribution in [0.15, 0.2) is 18.2 Å². The summed E-state index contributed by atoms with van der Waals surface area (Å²) in [5, 5.41) is 6.69. The first-order chi connectivity index (χ1) is 10.5. The van der Waals surface area contributed by atoms with E-state index in [9.17, 15) is 9.59 Å². The van der Waals surface area contributed by atoms with E-state index in [-0.39, 0.29) is 30.8 Å². The number of nitrogens with one attached hydrogen (secondary N) is 2. The number of rotatable bonds is 3. The minimum atomic E-state index is -0.326. The number of fused-ring (bicyclic) bond motifs is 1. The SMILES string of the molecule is Cl.O=C(NCC(=O)N1C[C@H]2CNC[C@H]2C1)c1ccc(Cl)c(Cl)c1. The van der Waals surface area contributed by atoms with Gasteiger partial charge in [0.1, 0.15) is 0 Å². The predicted octanol–water partition coefficient (Wildman–Crippen LogP) is 1.82. The van der Waals surface area contributed by atoms with Crippen molar-refractivity contribution >= 4 is 47.4 Å². The molecule has 0 saturated carbocycles. The van der Waals surface area contributed by atoms with Crippen molar-refractivity contribution in [2.24, 2.45) is 11.8 Å². The minimum Gasteiger partial charge on any atom is -0.343 e. The number of benzene rings is 1. The van der Waals surface area contributed by atoms with Gasteiger partial charge in [0.15, 0.2) is 0 Å². The van der Waals surface area contributed by atoms with Gasteiger partial charge in [-0.25, -0.2) is 0 Å². The molecule has 126 valence electrons. The van der Waals surface area contributed by atoms with Crippen LogP contribution in [0.3, 0.4) is 0 Å². The van der Waals surface area contributed by atoms with Gasteiger partial charge in [-0.05, 0) is 30.0 Å². The molecule has 23 heavy (non-hydrogen) atoms. The highest BCUT2D eigenvalue weighted by molar-refractivity contribution is 6.42. The first-order valence-electron chi connectivity index (χ1n) is 7.26. The number of nitrogens with zero attached hydrogens (tertiary/aromatic N) is 1. The van der Waals surface area contributed by atoms with Crippen molar-refractivity contribution in [2.75, 3.05) is 32.7 Å². The maximum absolute atomic E-state index is 12.2. The van der Waals surface area contributed by atoms with Gasteiger partial charge in [-0.15, -0.1) is 12.4 Å². The molecule has 2 aliphatic heterocycles. The van der Waals surface area contributed by atoms with Crippen LogP contribution in [0, 0.1) is 11.8 Å². The Labute approximate surface area is 151 Å². The molecule has 1 aromatic rings. The van der Waals surface area contributed by atoms with Crippen molar-refractivity contribution in [1.29, 1.82) is 0 Å². The Morgan fingerprint density at radius 3 is 2.43 bits per heavy atom. The van der Waals surface area contributed by atoms with Crippen molar-refractivity contribution in [3.63, 3.8) is 0 Å². The van der Waals surface area contributed by atoms with Crippen molar-refractivity contribution in [3.05, 3.63) is 33.8 Å². The Hall–Kier alpha value is -1.01. The quantitative estimate of drug-likeness (QED) is 0.843. The summed E-state index contributed by atoms with van der Waals surface area (Å²) in [7, 11) is 0. The van der Waals surface area contributed by atoms with Gasteiger partial charge >= 0.3 is 0 Å². The van der Waals surface area contributed by atoms with E-state index in [2.05, 4.69) is 10.6 Å². The fraction of sp³-hybridized carbons (Fsp3) is 0.467. The molecule has 1 aromatic carbocycles. The molecule has 2 fully saturated rings. The van der Waals surface area contributed by atoms with E-state index < -0.39 is 0 Å². The lowest BCUT2D eigenvalue weighted by Crippen LogP contribution is -2.40. The first kappa shape index (κ1) is 18.3. The Balaban J connectivity index is 0.00000192. The molecule has 8 heteroatoms. The summed E-state index contributed by atoms with van der Waals surface area (Å²) >= 11 is 11.7. The molecule has 0 bridgehead atoms. The number of carbonyl (C=O) groups is 2. The fourth-order valence-corrected chi connectivity index (χ4v) is 3.36. The van der Waals surface area contributed by atoms with Crippen LogP contribution in [0.1, 0.15) is 10.4 Å². The van der Waals surface area contributed by atoms with Gasteiger partial charge in [-0.1, -0.05) is 23.2 Å². The second-order valence-corrected chi connectivity index (χ2v) is 6.60. The van der Waals surface area contributed by atoms with Crippen LogP contribution in [0.4, 0.5) is 0 Å². The normalized spacial score (nSPS) is 22.4. The molecule has 3 rings (SSSR count). The largest absolute Gasteiger partial charge is 0.343 e. The summed E-state index contributed by atoms with van der Waals surface area (Å²) in [4.78, 5) is 26.0. The first-order valence-corrected chi connectivity index (χ1v) is 8.02. The lowest BCUT2D eigenvalue weighted by Gasteiger charge is -2.17. The summed E-state index contributed by atoms with van der Waals surface area (Å²) in [6.45, 7) is 3.51. The van der Waals surface area contributed by atoms with E-state index in [4.69, 9.17) is 23.2 Å². The van der Waals surface area contributed by atoms with Crippen LogP contribution in [0.2, 0.25) is 10.0 Å². The molecule has 2 amide bonds. The third kappa shape index (κ3) is 4.10. The molecule has 2 atom stereocenters. The average molecular weight is 379 g/mol. The van der Waals surface area contributed by atoms with Gasteiger partial charge in [-0.3, -0.25) is 9.59 Å². The number of carbonyl (C=O) groups excluding carboxylic acids is 2. The number of amides is 2. The molecule has 2 N–H and O–H groups in total. The monoisotopic (exact) mass is 377 g/mol. The number of likely N-dealkylation sites (tertiary alicyclic amines) is 1. The number of halogens is 3. The van der Waals surface area contributed by atoms with Crippen molar-refractivity contribution in [1.82, 2.24) is 15.5 Å². The van der Waals surface area contributed by atoms with Gasteiger partial charge in [0.25, 0.3) is 5.91 Å². The molecule has 0 unspecified atom stereocenters. The smallest absolute Gasteiger partial charge is 0.251 e. The van der Waals surface area contributed by atoms with Gasteiger partial charge < -0.3 is 15.5 Å². The molecular formula is C15H18Cl3N3O2. The summed E-state index contributed by atoms with van der Waals surface area (Å²) in [5.74, 6) is 0.736. The zero-order chi connectivity index (χ0) is 15.7. The van der Waals surface area contributed by atoms with Crippen molar-refractivity contribution in [3.8, 4) is 0 Å². The van der Waals surface area contributed by atoms with E-state index in [0.29, 0.717) is 27.4 Å². The molecule has 2 aliphatic rings. The van der Waals surface area contributed by atoms with Crippen LogP contribution in [-0.4, -0.2) is 49.4 Å². The topological polar surface area (TPSA) is 61.4 Å². The second-order valence-electron chi connectivity index (χ2n) is 5.79. The van der Waals surface area contributed by atoms with Crippen LogP contribution in [0.5, 0.6) is 0 Å². The minimum absolute atomic E-state index is 0. The zero-order valence-electron chi connectivity index (χ0n) is 12.4. The van der Waals surface area contributed by atoms with Gasteiger partial charge in [0.2, 0.25) is 5.91 Å². The number of hydrogen-bond donors (Lipinski definition) is 2. The van der Waals surface area contributed by atoms with E-state index in [0.717, 1.165) is 26.2 Å². The molecule has 0 aliphatic carbocycles. The van der Waals surface area contributed by atoms with Crippen LogP contribution in [-0.2, 0) is 4.79 Å². The van der Waals surface area contributed by atoms with Crippen molar-refractivity contribution in [2.45, 2.75) is 0 Å². The van der Waals surface area contributed by atoms with E-state index in [1.165, 1.54) is 6.07 Å². The summed E-state index contributed by atoms with van der Waals surface area (Å²) in [6.07, 6.45) is 0. The van der Waals surface area contributed by atoms with E-state index >= 15 is 0 Å².